The van der Waals surface area contributed by atoms with E-state index in [1.165, 1.54) is 12.5 Å². The maximum absolute atomic E-state index is 13.6. The zero-order valence-electron chi connectivity index (χ0n) is 14.1. The molecule has 1 saturated heterocycles. The van der Waals surface area contributed by atoms with Crippen molar-refractivity contribution < 1.29 is 14.3 Å². The molecule has 3 rings (SSSR count). The van der Waals surface area contributed by atoms with Gasteiger partial charge in [0.1, 0.15) is 5.82 Å². The average Bonchev–Trinajstić information content (AvgIpc) is 2.58. The number of halogens is 1. The van der Waals surface area contributed by atoms with E-state index < -0.39 is 0 Å². The van der Waals surface area contributed by atoms with Crippen molar-refractivity contribution in [1.82, 2.24) is 10.2 Å². The lowest BCUT2D eigenvalue weighted by Gasteiger charge is -2.41. The Hall–Kier alpha value is -1.46. The minimum atomic E-state index is -0.325. The van der Waals surface area contributed by atoms with E-state index in [9.17, 15) is 14.3 Å². The number of hydrogen-bond acceptors (Lipinski definition) is 3. The molecule has 0 bridgehead atoms. The summed E-state index contributed by atoms with van der Waals surface area (Å²) in [6.45, 7) is 1.82. The molecule has 0 radical (unpaired) electrons. The molecular formula is C19H27FN2O2. The fourth-order valence-electron chi connectivity index (χ4n) is 3.99. The Morgan fingerprint density at radius 1 is 1.17 bits per heavy atom. The Kier molecular flexibility index (Phi) is 5.85. The van der Waals surface area contributed by atoms with E-state index >= 15 is 0 Å². The second-order valence-electron chi connectivity index (χ2n) is 7.07. The first-order valence-corrected chi connectivity index (χ1v) is 9.08. The fraction of sp³-hybridized carbons (Fsp3) is 0.632. The number of aliphatic hydroxyl groups is 1. The predicted octanol–water partition coefficient (Wildman–Crippen LogP) is 2.25. The lowest BCUT2D eigenvalue weighted by molar-refractivity contribution is -0.121. The zero-order valence-corrected chi connectivity index (χ0v) is 14.1. The second kappa shape index (κ2) is 8.08. The predicted molar refractivity (Wildman–Crippen MR) is 91.1 cm³/mol. The smallest absolute Gasteiger partial charge is 0.224 e. The molecule has 2 N–H and O–H groups in total. The largest absolute Gasteiger partial charge is 0.391 e. The summed E-state index contributed by atoms with van der Waals surface area (Å²) in [7, 11) is 0. The van der Waals surface area contributed by atoms with Crippen LogP contribution in [0.3, 0.4) is 0 Å². The molecule has 2 atom stereocenters. The molecule has 1 saturated carbocycles. The zero-order chi connectivity index (χ0) is 16.9. The molecule has 132 valence electrons. The third kappa shape index (κ3) is 4.33. The Balaban J connectivity index is 1.45. The highest BCUT2D eigenvalue weighted by atomic mass is 19.1. The number of amides is 1. The van der Waals surface area contributed by atoms with Crippen LogP contribution in [0.25, 0.3) is 0 Å². The summed E-state index contributed by atoms with van der Waals surface area (Å²) in [5.74, 6) is -0.440. The van der Waals surface area contributed by atoms with Crippen LogP contribution in [-0.4, -0.2) is 47.2 Å². The van der Waals surface area contributed by atoms with Crippen LogP contribution in [0, 0.1) is 5.82 Å². The minimum Gasteiger partial charge on any atom is -0.391 e. The first-order valence-electron chi connectivity index (χ1n) is 9.08. The number of aliphatic hydroxyl groups excluding tert-OH is 1. The number of carbonyl (C=O) groups excluding carboxylic acids is 1. The minimum absolute atomic E-state index is 0.0915. The molecule has 0 aromatic heterocycles. The lowest BCUT2D eigenvalue weighted by Crippen LogP contribution is -2.52. The van der Waals surface area contributed by atoms with Gasteiger partial charge in [-0.1, -0.05) is 31.0 Å². The van der Waals surface area contributed by atoms with Gasteiger partial charge in [0.05, 0.1) is 12.5 Å². The van der Waals surface area contributed by atoms with Crippen molar-refractivity contribution >= 4 is 5.91 Å². The Morgan fingerprint density at radius 3 is 2.58 bits per heavy atom. The van der Waals surface area contributed by atoms with Gasteiger partial charge in [-0.15, -0.1) is 0 Å². The Labute approximate surface area is 143 Å². The molecule has 1 aromatic carbocycles. The van der Waals surface area contributed by atoms with Crippen LogP contribution >= 0.6 is 0 Å². The monoisotopic (exact) mass is 334 g/mol. The summed E-state index contributed by atoms with van der Waals surface area (Å²) < 4.78 is 13.6. The van der Waals surface area contributed by atoms with Gasteiger partial charge in [0, 0.05) is 25.2 Å². The maximum Gasteiger partial charge on any atom is 0.224 e. The molecule has 24 heavy (non-hydrogen) atoms. The van der Waals surface area contributed by atoms with Gasteiger partial charge in [0.15, 0.2) is 0 Å². The molecule has 5 heteroatoms. The van der Waals surface area contributed by atoms with Gasteiger partial charge in [0.2, 0.25) is 5.91 Å². The van der Waals surface area contributed by atoms with Crippen LogP contribution in [0.1, 0.15) is 44.1 Å². The maximum atomic E-state index is 13.6. The van der Waals surface area contributed by atoms with Crippen molar-refractivity contribution in [3.63, 3.8) is 0 Å². The highest BCUT2D eigenvalue weighted by molar-refractivity contribution is 5.78. The van der Waals surface area contributed by atoms with E-state index in [0.717, 1.165) is 45.2 Å². The van der Waals surface area contributed by atoms with E-state index in [1.54, 1.807) is 18.2 Å². The van der Waals surface area contributed by atoms with E-state index in [1.807, 2.05) is 0 Å². The average molecular weight is 334 g/mol. The number of benzene rings is 1. The van der Waals surface area contributed by atoms with Gasteiger partial charge >= 0.3 is 0 Å². The van der Waals surface area contributed by atoms with E-state index in [-0.39, 0.29) is 36.3 Å². The molecule has 2 fully saturated rings. The summed E-state index contributed by atoms with van der Waals surface area (Å²) in [6.07, 6.45) is 5.98. The van der Waals surface area contributed by atoms with Crippen LogP contribution in [0.15, 0.2) is 24.3 Å². The molecule has 2 aliphatic rings. The molecule has 1 amide bonds. The summed E-state index contributed by atoms with van der Waals surface area (Å²) in [6, 6.07) is 6.86. The number of likely N-dealkylation sites (tertiary alicyclic amines) is 1. The standard InChI is InChI=1S/C19H27FN2O2/c20-16-6-2-1-5-14(16)13-19(24)21-15-9-11-22(12-10-15)17-7-3-4-8-18(17)23/h1-2,5-6,15,17-18,23H,3-4,7-13H2,(H,21,24). The number of carbonyl (C=O) groups is 1. The third-order valence-corrected chi connectivity index (χ3v) is 5.37. The third-order valence-electron chi connectivity index (χ3n) is 5.37. The van der Waals surface area contributed by atoms with Crippen LogP contribution in [-0.2, 0) is 11.2 Å². The second-order valence-corrected chi connectivity index (χ2v) is 7.07. The number of nitrogens with zero attached hydrogens (tertiary/aromatic N) is 1. The van der Waals surface area contributed by atoms with Crippen molar-refractivity contribution in [2.75, 3.05) is 13.1 Å². The quantitative estimate of drug-likeness (QED) is 0.888. The Morgan fingerprint density at radius 2 is 1.88 bits per heavy atom. The van der Waals surface area contributed by atoms with Crippen LogP contribution < -0.4 is 5.32 Å². The molecule has 1 aliphatic heterocycles. The van der Waals surface area contributed by atoms with E-state index in [4.69, 9.17) is 0 Å². The number of nitrogens with one attached hydrogen (secondary N) is 1. The first kappa shape index (κ1) is 17.4. The van der Waals surface area contributed by atoms with Crippen molar-refractivity contribution in [3.8, 4) is 0 Å². The van der Waals surface area contributed by atoms with Gasteiger partial charge in [-0.05, 0) is 37.3 Å². The SMILES string of the molecule is O=C(Cc1ccccc1F)NC1CCN(C2CCCCC2O)CC1. The highest BCUT2D eigenvalue weighted by Crippen LogP contribution is 2.25. The van der Waals surface area contributed by atoms with Gasteiger partial charge < -0.3 is 10.4 Å². The van der Waals surface area contributed by atoms with E-state index in [0.29, 0.717) is 5.56 Å². The van der Waals surface area contributed by atoms with Crippen LogP contribution in [0.4, 0.5) is 4.39 Å². The van der Waals surface area contributed by atoms with Gasteiger partial charge in [-0.25, -0.2) is 4.39 Å². The van der Waals surface area contributed by atoms with Crippen molar-refractivity contribution in [3.05, 3.63) is 35.6 Å². The Bertz CT molecular complexity index is 558. The summed E-state index contributed by atoms with van der Waals surface area (Å²) >= 11 is 0. The van der Waals surface area contributed by atoms with Gasteiger partial charge in [-0.3, -0.25) is 9.69 Å². The van der Waals surface area contributed by atoms with Gasteiger partial charge in [0.25, 0.3) is 0 Å². The normalized spacial score (nSPS) is 26.2. The highest BCUT2D eigenvalue weighted by Gasteiger charge is 2.31. The summed E-state index contributed by atoms with van der Waals surface area (Å²) in [4.78, 5) is 14.5. The fourth-order valence-corrected chi connectivity index (χ4v) is 3.99. The van der Waals surface area contributed by atoms with Gasteiger partial charge in [-0.2, -0.15) is 0 Å². The number of piperidine rings is 1. The van der Waals surface area contributed by atoms with Crippen molar-refractivity contribution in [1.29, 1.82) is 0 Å². The van der Waals surface area contributed by atoms with Crippen molar-refractivity contribution in [2.24, 2.45) is 0 Å². The lowest BCUT2D eigenvalue weighted by atomic mass is 9.89. The molecule has 1 heterocycles. The number of hydrogen-bond donors (Lipinski definition) is 2. The molecule has 1 aliphatic carbocycles. The molecule has 1 aromatic rings. The van der Waals surface area contributed by atoms with Crippen LogP contribution in [0.5, 0.6) is 0 Å². The summed E-state index contributed by atoms with van der Waals surface area (Å²) in [5.41, 5.74) is 0.442. The number of rotatable bonds is 4. The van der Waals surface area contributed by atoms with Crippen molar-refractivity contribution in [2.45, 2.75) is 63.1 Å². The molecule has 2 unspecified atom stereocenters. The van der Waals surface area contributed by atoms with Crippen LogP contribution in [0.2, 0.25) is 0 Å². The molecule has 0 spiro atoms. The topological polar surface area (TPSA) is 52.6 Å². The molecular weight excluding hydrogens is 307 g/mol. The summed E-state index contributed by atoms with van der Waals surface area (Å²) in [5, 5.41) is 13.2. The first-order chi connectivity index (χ1) is 11.6. The van der Waals surface area contributed by atoms with E-state index in [2.05, 4.69) is 10.2 Å². The molecule has 4 nitrogen and oxygen atoms in total.